The quantitative estimate of drug-likeness (QED) is 0.728. The van der Waals surface area contributed by atoms with Crippen LogP contribution in [0.15, 0.2) is 54.2 Å². The van der Waals surface area contributed by atoms with Crippen LogP contribution < -0.4 is 9.80 Å². The molecule has 0 saturated carbocycles. The van der Waals surface area contributed by atoms with E-state index < -0.39 is 0 Å². The standard InChI is InChI=1S/C23H25FN4O2/c1-25(2)18-8-10-19(11-9-18)28-22(29)20(16-4-6-17(24)7-5-16)21(23(28)30)27-14-12-26(3)13-15-27/h4-11H,12-15H2,1-3H3. The Kier molecular flexibility index (Phi) is 5.30. The molecule has 0 radical (unpaired) electrons. The Bertz CT molecular complexity index is 991. The molecule has 2 amide bonds. The highest BCUT2D eigenvalue weighted by molar-refractivity contribution is 6.45. The van der Waals surface area contributed by atoms with E-state index in [9.17, 15) is 14.0 Å². The van der Waals surface area contributed by atoms with E-state index in [0.717, 1.165) is 18.8 Å². The lowest BCUT2D eigenvalue weighted by Crippen LogP contribution is -2.46. The van der Waals surface area contributed by atoms with Gasteiger partial charge in [-0.2, -0.15) is 0 Å². The summed E-state index contributed by atoms with van der Waals surface area (Å²) in [4.78, 5) is 34.3. The van der Waals surface area contributed by atoms with Gasteiger partial charge in [-0.05, 0) is 49.0 Å². The first-order chi connectivity index (χ1) is 14.4. The van der Waals surface area contributed by atoms with Gasteiger partial charge in [-0.3, -0.25) is 9.59 Å². The van der Waals surface area contributed by atoms with Crippen LogP contribution in [-0.4, -0.2) is 68.9 Å². The van der Waals surface area contributed by atoms with Gasteiger partial charge >= 0.3 is 0 Å². The number of hydrogen-bond donors (Lipinski definition) is 0. The van der Waals surface area contributed by atoms with Gasteiger partial charge in [0.1, 0.15) is 11.5 Å². The fraction of sp³-hybridized carbons (Fsp3) is 0.304. The first-order valence-electron chi connectivity index (χ1n) is 9.96. The number of piperazine rings is 1. The second-order valence-corrected chi connectivity index (χ2v) is 7.88. The maximum Gasteiger partial charge on any atom is 0.282 e. The zero-order chi connectivity index (χ0) is 21.4. The Morgan fingerprint density at radius 1 is 0.833 bits per heavy atom. The van der Waals surface area contributed by atoms with Crippen molar-refractivity contribution in [1.29, 1.82) is 0 Å². The highest BCUT2D eigenvalue weighted by atomic mass is 19.1. The highest BCUT2D eigenvalue weighted by Gasteiger charge is 2.42. The summed E-state index contributed by atoms with van der Waals surface area (Å²) in [6.07, 6.45) is 0. The molecule has 0 atom stereocenters. The van der Waals surface area contributed by atoms with Crippen LogP contribution in [0, 0.1) is 5.82 Å². The first-order valence-corrected chi connectivity index (χ1v) is 9.96. The van der Waals surface area contributed by atoms with E-state index >= 15 is 0 Å². The maximum absolute atomic E-state index is 13.5. The summed E-state index contributed by atoms with van der Waals surface area (Å²) in [6.45, 7) is 2.92. The van der Waals surface area contributed by atoms with Gasteiger partial charge in [0.15, 0.2) is 0 Å². The zero-order valence-corrected chi connectivity index (χ0v) is 17.4. The Morgan fingerprint density at radius 3 is 2.00 bits per heavy atom. The monoisotopic (exact) mass is 408 g/mol. The molecular formula is C23H25FN4O2. The van der Waals surface area contributed by atoms with Crippen molar-refractivity contribution in [3.8, 4) is 0 Å². The van der Waals surface area contributed by atoms with Crippen molar-refractivity contribution in [3.05, 3.63) is 65.6 Å². The van der Waals surface area contributed by atoms with Gasteiger partial charge in [0.25, 0.3) is 11.8 Å². The summed E-state index contributed by atoms with van der Waals surface area (Å²) in [7, 11) is 5.90. The number of amides is 2. The van der Waals surface area contributed by atoms with Gasteiger partial charge in [-0.1, -0.05) is 12.1 Å². The zero-order valence-electron chi connectivity index (χ0n) is 17.4. The lowest BCUT2D eigenvalue weighted by Gasteiger charge is -2.34. The van der Waals surface area contributed by atoms with E-state index in [1.54, 1.807) is 24.3 Å². The third-order valence-corrected chi connectivity index (χ3v) is 5.64. The number of imide groups is 1. The number of carbonyl (C=O) groups is 2. The van der Waals surface area contributed by atoms with Crippen LogP contribution in [0.3, 0.4) is 0 Å². The molecule has 1 saturated heterocycles. The number of halogens is 1. The fourth-order valence-electron chi connectivity index (χ4n) is 3.85. The molecule has 30 heavy (non-hydrogen) atoms. The minimum absolute atomic E-state index is 0.332. The summed E-state index contributed by atoms with van der Waals surface area (Å²) >= 11 is 0. The molecule has 7 heteroatoms. The number of carbonyl (C=O) groups excluding carboxylic acids is 2. The topological polar surface area (TPSA) is 47.1 Å². The molecule has 2 aliphatic heterocycles. The van der Waals surface area contributed by atoms with E-state index in [0.29, 0.717) is 35.6 Å². The van der Waals surface area contributed by atoms with Gasteiger partial charge in [-0.25, -0.2) is 9.29 Å². The van der Waals surface area contributed by atoms with Crippen LogP contribution in [0.4, 0.5) is 15.8 Å². The molecule has 156 valence electrons. The van der Waals surface area contributed by atoms with E-state index in [2.05, 4.69) is 4.90 Å². The summed E-state index contributed by atoms with van der Waals surface area (Å²) in [5.74, 6) is -1.09. The first kappa shape index (κ1) is 20.1. The highest BCUT2D eigenvalue weighted by Crippen LogP contribution is 2.35. The summed E-state index contributed by atoms with van der Waals surface area (Å²) < 4.78 is 13.5. The molecule has 0 N–H and O–H groups in total. The fourth-order valence-corrected chi connectivity index (χ4v) is 3.85. The Labute approximate surface area is 175 Å². The molecule has 2 heterocycles. The number of hydrogen-bond acceptors (Lipinski definition) is 5. The summed E-state index contributed by atoms with van der Waals surface area (Å²) in [5, 5.41) is 0. The minimum Gasteiger partial charge on any atom is -0.378 e. The van der Waals surface area contributed by atoms with Crippen LogP contribution in [0.1, 0.15) is 5.56 Å². The van der Waals surface area contributed by atoms with Crippen LogP contribution in [0.5, 0.6) is 0 Å². The molecule has 0 aliphatic carbocycles. The maximum atomic E-state index is 13.5. The molecule has 6 nitrogen and oxygen atoms in total. The molecule has 2 aliphatic rings. The second-order valence-electron chi connectivity index (χ2n) is 7.88. The van der Waals surface area contributed by atoms with Crippen molar-refractivity contribution in [2.75, 3.05) is 57.1 Å². The lowest BCUT2D eigenvalue weighted by molar-refractivity contribution is -0.120. The predicted octanol–water partition coefficient (Wildman–Crippen LogP) is 2.42. The average molecular weight is 408 g/mol. The number of nitrogens with zero attached hydrogens (tertiary/aromatic N) is 4. The van der Waals surface area contributed by atoms with Crippen molar-refractivity contribution >= 4 is 28.8 Å². The smallest absolute Gasteiger partial charge is 0.282 e. The van der Waals surface area contributed by atoms with Gasteiger partial charge < -0.3 is 14.7 Å². The molecule has 0 aromatic heterocycles. The molecular weight excluding hydrogens is 383 g/mol. The van der Waals surface area contributed by atoms with Gasteiger partial charge in [0.05, 0.1) is 11.3 Å². The molecule has 4 rings (SSSR count). The Hall–Kier alpha value is -3.19. The van der Waals surface area contributed by atoms with E-state index in [-0.39, 0.29) is 17.6 Å². The third-order valence-electron chi connectivity index (χ3n) is 5.64. The van der Waals surface area contributed by atoms with Crippen molar-refractivity contribution in [2.24, 2.45) is 0 Å². The molecule has 1 fully saturated rings. The van der Waals surface area contributed by atoms with Crippen LogP contribution in [0.25, 0.3) is 5.57 Å². The lowest BCUT2D eigenvalue weighted by atomic mass is 10.0. The summed E-state index contributed by atoms with van der Waals surface area (Å²) in [5.41, 5.74) is 2.79. The third kappa shape index (κ3) is 3.57. The Morgan fingerprint density at radius 2 is 1.43 bits per heavy atom. The van der Waals surface area contributed by atoms with Crippen molar-refractivity contribution in [2.45, 2.75) is 0 Å². The molecule has 0 unspecified atom stereocenters. The van der Waals surface area contributed by atoms with Gasteiger partial charge in [0, 0.05) is 46.0 Å². The van der Waals surface area contributed by atoms with E-state index in [1.165, 1.54) is 17.0 Å². The van der Waals surface area contributed by atoms with Crippen LogP contribution in [-0.2, 0) is 9.59 Å². The SMILES string of the molecule is CN1CCN(C2=C(c3ccc(F)cc3)C(=O)N(c3ccc(N(C)C)cc3)C2=O)CC1. The van der Waals surface area contributed by atoms with E-state index in [4.69, 9.17) is 0 Å². The van der Waals surface area contributed by atoms with Gasteiger partial charge in [0.2, 0.25) is 0 Å². The summed E-state index contributed by atoms with van der Waals surface area (Å²) in [6, 6.07) is 13.1. The number of rotatable bonds is 4. The van der Waals surface area contributed by atoms with E-state index in [1.807, 2.05) is 43.1 Å². The second kappa shape index (κ2) is 7.91. The predicted molar refractivity (Wildman–Crippen MR) is 116 cm³/mol. The average Bonchev–Trinajstić information content (AvgIpc) is 2.99. The molecule has 2 aromatic rings. The van der Waals surface area contributed by atoms with Gasteiger partial charge in [-0.15, -0.1) is 0 Å². The normalized spacial score (nSPS) is 17.9. The molecule has 2 aromatic carbocycles. The van der Waals surface area contributed by atoms with Crippen molar-refractivity contribution < 1.29 is 14.0 Å². The van der Waals surface area contributed by atoms with Crippen LogP contribution >= 0.6 is 0 Å². The largest absolute Gasteiger partial charge is 0.378 e. The number of anilines is 2. The Balaban J connectivity index is 1.76. The number of benzene rings is 2. The van der Waals surface area contributed by atoms with Crippen LogP contribution in [0.2, 0.25) is 0 Å². The molecule has 0 spiro atoms. The number of likely N-dealkylation sites (N-methyl/N-ethyl adjacent to an activating group) is 1. The van der Waals surface area contributed by atoms with Crippen molar-refractivity contribution in [3.63, 3.8) is 0 Å². The minimum atomic E-state index is -0.381. The molecule has 0 bridgehead atoms. The van der Waals surface area contributed by atoms with Crippen molar-refractivity contribution in [1.82, 2.24) is 9.80 Å².